The molecule has 3 aromatic rings. The maximum atomic E-state index is 12.5. The van der Waals surface area contributed by atoms with E-state index in [1.54, 1.807) is 22.9 Å². The number of pyridine rings is 1. The van der Waals surface area contributed by atoms with Crippen molar-refractivity contribution >= 4 is 31.8 Å². The molecule has 0 radical (unpaired) electrons. The summed E-state index contributed by atoms with van der Waals surface area (Å²) >= 11 is 0. The van der Waals surface area contributed by atoms with Gasteiger partial charge in [0.1, 0.15) is 0 Å². The predicted octanol–water partition coefficient (Wildman–Crippen LogP) is 2.43. The zero-order chi connectivity index (χ0) is 17.4. The first-order valence-electron chi connectivity index (χ1n) is 8.64. The van der Waals surface area contributed by atoms with Crippen molar-refractivity contribution in [3.8, 4) is 0 Å². The Bertz CT molecular complexity index is 1010. The Hall–Kier alpha value is -2.06. The molecule has 1 aliphatic heterocycles. The second-order valence-electron chi connectivity index (χ2n) is 6.57. The molecule has 4 heterocycles. The molecule has 0 aliphatic carbocycles. The van der Waals surface area contributed by atoms with E-state index in [4.69, 9.17) is 0 Å². The van der Waals surface area contributed by atoms with Crippen LogP contribution in [0.15, 0.2) is 24.7 Å². The zero-order valence-electron chi connectivity index (χ0n) is 14.1. The number of rotatable bonds is 4. The number of nitrogens with one attached hydrogen (secondary N) is 1. The molecule has 3 aromatic heterocycles. The first kappa shape index (κ1) is 16.4. The van der Waals surface area contributed by atoms with E-state index in [1.165, 1.54) is 0 Å². The van der Waals surface area contributed by atoms with E-state index in [2.05, 4.69) is 20.2 Å². The summed E-state index contributed by atoms with van der Waals surface area (Å²) in [7, 11) is -3.18. The van der Waals surface area contributed by atoms with Crippen LogP contribution in [0.3, 0.4) is 0 Å². The standard InChI is InChI=1S/C17H21N5O2S/c1-2-8-25(23,24)22-7-3-4-12(11-22)16-15-13(10-20-21-16)9-19-17-14(15)5-6-18-17/h5-6,9-10,12,21H,2-4,7-8,11H2,1H3. The monoisotopic (exact) mass is 359 g/mol. The van der Waals surface area contributed by atoms with E-state index in [0.29, 0.717) is 25.2 Å². The molecule has 132 valence electrons. The maximum absolute atomic E-state index is 12.5. The van der Waals surface area contributed by atoms with Crippen LogP contribution in [0.1, 0.15) is 37.8 Å². The van der Waals surface area contributed by atoms with Crippen LogP contribution in [0.4, 0.5) is 0 Å². The number of fused-ring (bicyclic) bond motifs is 3. The molecule has 7 nitrogen and oxygen atoms in total. The van der Waals surface area contributed by atoms with E-state index in [1.807, 2.05) is 13.0 Å². The fourth-order valence-corrected chi connectivity index (χ4v) is 5.30. The average Bonchev–Trinajstić information content (AvgIpc) is 3.10. The summed E-state index contributed by atoms with van der Waals surface area (Å²) in [6.07, 6.45) is 7.71. The van der Waals surface area contributed by atoms with Gasteiger partial charge in [-0.15, -0.1) is 0 Å². The molecule has 8 heteroatoms. The summed E-state index contributed by atoms with van der Waals surface area (Å²) in [5, 5.41) is 10.4. The van der Waals surface area contributed by atoms with Crippen LogP contribution < -0.4 is 0 Å². The third-order valence-electron chi connectivity index (χ3n) is 4.87. The largest absolute Gasteiger partial charge is 0.282 e. The highest BCUT2D eigenvalue weighted by molar-refractivity contribution is 7.89. The van der Waals surface area contributed by atoms with Gasteiger partial charge in [-0.2, -0.15) is 5.10 Å². The molecule has 0 bridgehead atoms. The number of hydrogen-bond donors (Lipinski definition) is 1. The van der Waals surface area contributed by atoms with Gasteiger partial charge in [0.2, 0.25) is 10.0 Å². The number of nitrogens with zero attached hydrogens (tertiary/aromatic N) is 4. The van der Waals surface area contributed by atoms with Crippen molar-refractivity contribution in [3.63, 3.8) is 0 Å². The highest BCUT2D eigenvalue weighted by atomic mass is 32.2. The van der Waals surface area contributed by atoms with Crippen LogP contribution >= 0.6 is 0 Å². The minimum atomic E-state index is -3.18. The minimum absolute atomic E-state index is 0.0945. The van der Waals surface area contributed by atoms with Crippen molar-refractivity contribution in [2.24, 2.45) is 0 Å². The quantitative estimate of drug-likeness (QED) is 0.772. The van der Waals surface area contributed by atoms with Crippen molar-refractivity contribution in [2.75, 3.05) is 18.8 Å². The van der Waals surface area contributed by atoms with Gasteiger partial charge < -0.3 is 0 Å². The van der Waals surface area contributed by atoms with Crippen LogP contribution in [0, 0.1) is 0 Å². The molecule has 0 saturated carbocycles. The van der Waals surface area contributed by atoms with Gasteiger partial charge in [-0.05, 0) is 25.3 Å². The van der Waals surface area contributed by atoms with E-state index in [0.717, 1.165) is 34.7 Å². The smallest absolute Gasteiger partial charge is 0.214 e. The minimum Gasteiger partial charge on any atom is -0.282 e. The van der Waals surface area contributed by atoms with Crippen LogP contribution in [0.25, 0.3) is 21.8 Å². The molecule has 25 heavy (non-hydrogen) atoms. The zero-order valence-corrected chi connectivity index (χ0v) is 15.0. The highest BCUT2D eigenvalue weighted by Crippen LogP contribution is 2.34. The molecule has 1 saturated heterocycles. The number of piperidine rings is 1. The van der Waals surface area contributed by atoms with Gasteiger partial charge in [-0.3, -0.25) is 5.10 Å². The molecule has 1 unspecified atom stereocenters. The summed E-state index contributed by atoms with van der Waals surface area (Å²) in [6, 6.07) is 1.95. The molecule has 1 atom stereocenters. The normalized spacial score (nSPS) is 19.6. The maximum Gasteiger partial charge on any atom is 0.214 e. The Morgan fingerprint density at radius 1 is 1.32 bits per heavy atom. The molecule has 4 rings (SSSR count). The van der Waals surface area contributed by atoms with Gasteiger partial charge in [0.05, 0.1) is 11.9 Å². The van der Waals surface area contributed by atoms with Crippen LogP contribution in [-0.4, -0.2) is 51.7 Å². The number of hydrogen-bond acceptors (Lipinski definition) is 5. The summed E-state index contributed by atoms with van der Waals surface area (Å²) in [5.74, 6) is 0.301. The van der Waals surface area contributed by atoms with Gasteiger partial charge >= 0.3 is 0 Å². The van der Waals surface area contributed by atoms with E-state index in [9.17, 15) is 8.42 Å². The second-order valence-corrected chi connectivity index (χ2v) is 8.66. The van der Waals surface area contributed by atoms with Gasteiger partial charge in [-0.25, -0.2) is 22.7 Å². The fourth-order valence-electron chi connectivity index (χ4n) is 3.71. The molecular weight excluding hydrogens is 338 g/mol. The molecule has 0 spiro atoms. The lowest BCUT2D eigenvalue weighted by Crippen LogP contribution is -2.40. The van der Waals surface area contributed by atoms with E-state index in [-0.39, 0.29) is 11.7 Å². The summed E-state index contributed by atoms with van der Waals surface area (Å²) < 4.78 is 26.6. The molecule has 1 aliphatic rings. The molecule has 0 aromatic carbocycles. The third kappa shape index (κ3) is 2.89. The van der Waals surface area contributed by atoms with Crippen molar-refractivity contribution in [1.82, 2.24) is 24.5 Å². The summed E-state index contributed by atoms with van der Waals surface area (Å²) in [5.41, 5.74) is 1.69. The fraction of sp³-hybridized carbons (Fsp3) is 0.471. The van der Waals surface area contributed by atoms with Crippen molar-refractivity contribution < 1.29 is 8.42 Å². The first-order chi connectivity index (χ1) is 12.1. The SMILES string of the molecule is CCCS(=O)(=O)N1CCCC(c2[nH]ncc3cnc4nccc4c23)C1. The molecule has 1 fully saturated rings. The topological polar surface area (TPSA) is 91.8 Å². The number of aromatic nitrogens is 4. The number of H-pyrrole nitrogens is 1. The third-order valence-corrected chi connectivity index (χ3v) is 6.91. The van der Waals surface area contributed by atoms with Crippen LogP contribution in [-0.2, 0) is 10.0 Å². The predicted molar refractivity (Wildman–Crippen MR) is 96.8 cm³/mol. The van der Waals surface area contributed by atoms with Gasteiger partial charge in [0, 0.05) is 53.3 Å². The van der Waals surface area contributed by atoms with E-state index < -0.39 is 10.0 Å². The Kier molecular flexibility index (Phi) is 4.16. The lowest BCUT2D eigenvalue weighted by molar-refractivity contribution is 0.313. The molecule has 0 amide bonds. The first-order valence-corrected chi connectivity index (χ1v) is 10.3. The Morgan fingerprint density at radius 2 is 2.20 bits per heavy atom. The van der Waals surface area contributed by atoms with E-state index >= 15 is 0 Å². The Balaban J connectivity index is 1.78. The van der Waals surface area contributed by atoms with Gasteiger partial charge in [0.25, 0.3) is 0 Å². The van der Waals surface area contributed by atoms with Crippen LogP contribution in [0.2, 0.25) is 0 Å². The highest BCUT2D eigenvalue weighted by Gasteiger charge is 2.30. The van der Waals surface area contributed by atoms with Gasteiger partial charge in [-0.1, -0.05) is 6.92 Å². The summed E-state index contributed by atoms with van der Waals surface area (Å²) in [4.78, 5) is 8.64. The Morgan fingerprint density at radius 3 is 3.04 bits per heavy atom. The lowest BCUT2D eigenvalue weighted by Gasteiger charge is -2.32. The molecule has 1 N–H and O–H groups in total. The summed E-state index contributed by atoms with van der Waals surface area (Å²) in [6.45, 7) is 3.00. The van der Waals surface area contributed by atoms with Gasteiger partial charge in [0.15, 0.2) is 5.65 Å². The van der Waals surface area contributed by atoms with Crippen molar-refractivity contribution in [1.29, 1.82) is 0 Å². The average molecular weight is 359 g/mol. The number of aromatic amines is 1. The van der Waals surface area contributed by atoms with Crippen LogP contribution in [0.5, 0.6) is 0 Å². The lowest BCUT2D eigenvalue weighted by atomic mass is 9.92. The number of sulfonamides is 1. The van der Waals surface area contributed by atoms with Crippen molar-refractivity contribution in [3.05, 3.63) is 30.4 Å². The Labute approximate surface area is 146 Å². The molecular formula is C17H21N5O2S. The van der Waals surface area contributed by atoms with Crippen molar-refractivity contribution in [2.45, 2.75) is 32.1 Å². The second kappa shape index (κ2) is 6.34.